The van der Waals surface area contributed by atoms with Crippen LogP contribution in [0.3, 0.4) is 0 Å². The predicted octanol–water partition coefficient (Wildman–Crippen LogP) is 4.23. The van der Waals surface area contributed by atoms with Gasteiger partial charge >= 0.3 is 0 Å². The van der Waals surface area contributed by atoms with Gasteiger partial charge in [0.2, 0.25) is 0 Å². The Labute approximate surface area is 149 Å². The summed E-state index contributed by atoms with van der Waals surface area (Å²) >= 11 is 0. The van der Waals surface area contributed by atoms with Crippen molar-refractivity contribution in [2.24, 2.45) is 0 Å². The molecule has 0 spiro atoms. The lowest BCUT2D eigenvalue weighted by Crippen LogP contribution is -2.35. The van der Waals surface area contributed by atoms with Crippen molar-refractivity contribution in [1.29, 1.82) is 0 Å². The second-order valence-corrected chi connectivity index (χ2v) is 7.07. The van der Waals surface area contributed by atoms with Crippen molar-refractivity contribution in [2.45, 2.75) is 51.0 Å². The molecule has 1 aliphatic heterocycles. The average Bonchev–Trinajstić information content (AvgIpc) is 2.91. The molecule has 1 fully saturated rings. The molecule has 1 aromatic heterocycles. The Balaban J connectivity index is 1.58. The van der Waals surface area contributed by atoms with Gasteiger partial charge in [0.15, 0.2) is 0 Å². The predicted molar refractivity (Wildman–Crippen MR) is 100 cm³/mol. The molecule has 4 nitrogen and oxygen atoms in total. The van der Waals surface area contributed by atoms with Gasteiger partial charge in [0, 0.05) is 24.5 Å². The molecule has 2 aromatic rings. The number of benzene rings is 1. The number of rotatable bonds is 3. The Bertz CT molecular complexity index is 750. The van der Waals surface area contributed by atoms with E-state index in [1.165, 1.54) is 36.9 Å². The Morgan fingerprint density at radius 3 is 2.68 bits per heavy atom. The number of aromatic nitrogens is 1. The summed E-state index contributed by atoms with van der Waals surface area (Å²) in [4.78, 5) is 19.7. The van der Waals surface area contributed by atoms with Crippen molar-refractivity contribution in [3.05, 3.63) is 53.7 Å². The van der Waals surface area contributed by atoms with Gasteiger partial charge < -0.3 is 10.2 Å². The molecule has 1 N–H and O–H groups in total. The van der Waals surface area contributed by atoms with E-state index in [4.69, 9.17) is 0 Å². The average molecular weight is 335 g/mol. The van der Waals surface area contributed by atoms with Crippen LogP contribution in [0.5, 0.6) is 0 Å². The number of hydrogen-bond donors (Lipinski definition) is 1. The monoisotopic (exact) mass is 335 g/mol. The van der Waals surface area contributed by atoms with Gasteiger partial charge in [-0.25, -0.2) is 4.98 Å². The Morgan fingerprint density at radius 2 is 1.84 bits per heavy atom. The Hall–Kier alpha value is -2.36. The van der Waals surface area contributed by atoms with Crippen LogP contribution in [0.4, 0.5) is 11.5 Å². The van der Waals surface area contributed by atoms with Gasteiger partial charge in [0.1, 0.15) is 5.82 Å². The summed E-state index contributed by atoms with van der Waals surface area (Å²) in [7, 11) is 0. The first-order valence-electron chi connectivity index (χ1n) is 9.44. The van der Waals surface area contributed by atoms with Crippen LogP contribution in [0.15, 0.2) is 42.6 Å². The van der Waals surface area contributed by atoms with Crippen LogP contribution in [0.2, 0.25) is 0 Å². The number of carbonyl (C=O) groups is 1. The van der Waals surface area contributed by atoms with Gasteiger partial charge in [0.25, 0.3) is 5.91 Å². The van der Waals surface area contributed by atoms with Crippen LogP contribution < -0.4 is 10.2 Å². The van der Waals surface area contributed by atoms with Crippen molar-refractivity contribution < 1.29 is 4.79 Å². The molecule has 1 aliphatic carbocycles. The number of para-hydroxylation sites is 1. The van der Waals surface area contributed by atoms with Crippen LogP contribution in [-0.4, -0.2) is 23.5 Å². The molecule has 4 heteroatoms. The molecule has 130 valence electrons. The first-order valence-corrected chi connectivity index (χ1v) is 9.44. The number of nitrogens with one attached hydrogen (secondary N) is 1. The van der Waals surface area contributed by atoms with E-state index in [0.717, 1.165) is 31.6 Å². The lowest BCUT2D eigenvalue weighted by Gasteiger charge is -2.22. The fourth-order valence-corrected chi connectivity index (χ4v) is 4.03. The summed E-state index contributed by atoms with van der Waals surface area (Å²) in [6, 6.07) is 12.4. The third-order valence-corrected chi connectivity index (χ3v) is 5.36. The molecule has 2 aliphatic rings. The Kier molecular flexibility index (Phi) is 4.68. The number of amides is 1. The highest BCUT2D eigenvalue weighted by Crippen LogP contribution is 2.34. The quantitative estimate of drug-likeness (QED) is 0.854. The number of carbonyl (C=O) groups excluding carboxylic acids is 1. The lowest BCUT2D eigenvalue weighted by atomic mass is 10.1. The van der Waals surface area contributed by atoms with Crippen LogP contribution in [-0.2, 0) is 6.42 Å². The summed E-state index contributed by atoms with van der Waals surface area (Å²) < 4.78 is 0. The maximum Gasteiger partial charge on any atom is 0.255 e. The second kappa shape index (κ2) is 7.26. The highest BCUT2D eigenvalue weighted by atomic mass is 16.1. The summed E-state index contributed by atoms with van der Waals surface area (Å²) in [6.45, 7) is 0.875. The minimum Gasteiger partial charge on any atom is -0.349 e. The zero-order valence-electron chi connectivity index (χ0n) is 14.6. The minimum atomic E-state index is 0.0133. The molecular weight excluding hydrogens is 310 g/mol. The molecule has 0 bridgehead atoms. The number of fused-ring (bicyclic) bond motifs is 1. The van der Waals surface area contributed by atoms with Crippen LogP contribution in [0.25, 0.3) is 0 Å². The van der Waals surface area contributed by atoms with Gasteiger partial charge in [-0.15, -0.1) is 0 Å². The molecule has 0 unspecified atom stereocenters. The lowest BCUT2D eigenvalue weighted by molar-refractivity contribution is 0.0933. The van der Waals surface area contributed by atoms with Gasteiger partial charge in [-0.1, -0.05) is 43.9 Å². The number of pyridine rings is 1. The largest absolute Gasteiger partial charge is 0.349 e. The highest BCUT2D eigenvalue weighted by molar-refractivity contribution is 6.00. The zero-order chi connectivity index (χ0) is 17.1. The normalized spacial score (nSPS) is 17.8. The first kappa shape index (κ1) is 16.1. The van der Waals surface area contributed by atoms with Gasteiger partial charge in [-0.2, -0.15) is 0 Å². The van der Waals surface area contributed by atoms with Gasteiger partial charge in [0.05, 0.1) is 5.56 Å². The van der Waals surface area contributed by atoms with E-state index in [1.54, 1.807) is 6.20 Å². The summed E-state index contributed by atoms with van der Waals surface area (Å²) in [5.74, 6) is 0.790. The summed E-state index contributed by atoms with van der Waals surface area (Å²) in [5.41, 5.74) is 3.18. The van der Waals surface area contributed by atoms with Crippen molar-refractivity contribution in [2.75, 3.05) is 11.4 Å². The molecule has 4 rings (SSSR count). The highest BCUT2D eigenvalue weighted by Gasteiger charge is 2.26. The van der Waals surface area contributed by atoms with Gasteiger partial charge in [-0.3, -0.25) is 4.79 Å². The maximum absolute atomic E-state index is 12.9. The van der Waals surface area contributed by atoms with E-state index in [9.17, 15) is 4.79 Å². The first-order chi connectivity index (χ1) is 12.3. The summed E-state index contributed by atoms with van der Waals surface area (Å²) in [5, 5.41) is 3.26. The molecular formula is C21H25N3O. The number of nitrogens with zero attached hydrogens (tertiary/aromatic N) is 2. The second-order valence-electron chi connectivity index (χ2n) is 7.07. The summed E-state index contributed by atoms with van der Waals surface area (Å²) in [6.07, 6.45) is 9.95. The smallest absolute Gasteiger partial charge is 0.255 e. The van der Waals surface area contributed by atoms with Crippen molar-refractivity contribution in [1.82, 2.24) is 10.3 Å². The van der Waals surface area contributed by atoms with Crippen LogP contribution in [0, 0.1) is 0 Å². The van der Waals surface area contributed by atoms with E-state index >= 15 is 0 Å². The molecule has 1 saturated carbocycles. The SMILES string of the molecule is O=C(NC1CCCCCC1)c1cccnc1N1CCc2ccccc21. The molecule has 0 atom stereocenters. The number of hydrogen-bond acceptors (Lipinski definition) is 3. The van der Waals surface area contributed by atoms with Crippen molar-refractivity contribution in [3.8, 4) is 0 Å². The standard InChI is InChI=1S/C21H25N3O/c25-21(23-17-9-3-1-2-4-10-17)18-11-7-14-22-20(18)24-15-13-16-8-5-6-12-19(16)24/h5-8,11-12,14,17H,1-4,9-10,13,15H2,(H,23,25). The third kappa shape index (κ3) is 3.39. The fraction of sp³-hybridized carbons (Fsp3) is 0.429. The molecule has 2 heterocycles. The van der Waals surface area contributed by atoms with E-state index in [1.807, 2.05) is 18.2 Å². The molecule has 25 heavy (non-hydrogen) atoms. The maximum atomic E-state index is 12.9. The minimum absolute atomic E-state index is 0.0133. The third-order valence-electron chi connectivity index (χ3n) is 5.36. The van der Waals surface area contributed by atoms with E-state index in [0.29, 0.717) is 11.6 Å². The van der Waals surface area contributed by atoms with E-state index in [-0.39, 0.29) is 5.91 Å². The topological polar surface area (TPSA) is 45.2 Å². The fourth-order valence-electron chi connectivity index (χ4n) is 4.03. The van der Waals surface area contributed by atoms with Crippen molar-refractivity contribution in [3.63, 3.8) is 0 Å². The molecule has 0 saturated heterocycles. The molecule has 1 amide bonds. The molecule has 1 aromatic carbocycles. The van der Waals surface area contributed by atoms with Crippen LogP contribution in [0.1, 0.15) is 54.4 Å². The Morgan fingerprint density at radius 1 is 1.04 bits per heavy atom. The van der Waals surface area contributed by atoms with Crippen LogP contribution >= 0.6 is 0 Å². The number of anilines is 2. The zero-order valence-corrected chi connectivity index (χ0v) is 14.6. The van der Waals surface area contributed by atoms with E-state index in [2.05, 4.69) is 33.4 Å². The van der Waals surface area contributed by atoms with E-state index < -0.39 is 0 Å². The molecule has 0 radical (unpaired) electrons. The van der Waals surface area contributed by atoms with Gasteiger partial charge in [-0.05, 0) is 43.0 Å². The van der Waals surface area contributed by atoms with Crippen molar-refractivity contribution >= 4 is 17.4 Å².